The number of thiophene rings is 1. The van der Waals surface area contributed by atoms with E-state index in [2.05, 4.69) is 44.5 Å². The predicted molar refractivity (Wildman–Crippen MR) is 115 cm³/mol. The highest BCUT2D eigenvalue weighted by Crippen LogP contribution is 2.29. The van der Waals surface area contributed by atoms with Crippen molar-refractivity contribution in [3.8, 4) is 0 Å². The van der Waals surface area contributed by atoms with E-state index < -0.39 is 0 Å². The third-order valence-electron chi connectivity index (χ3n) is 5.66. The number of aryl methyl sites for hydroxylation is 3. The van der Waals surface area contributed by atoms with Crippen molar-refractivity contribution < 1.29 is 4.79 Å². The van der Waals surface area contributed by atoms with Crippen LogP contribution in [0.25, 0.3) is 0 Å². The van der Waals surface area contributed by atoms with E-state index >= 15 is 0 Å². The van der Waals surface area contributed by atoms with Crippen LogP contribution in [-0.4, -0.2) is 32.5 Å². The monoisotopic (exact) mass is 409 g/mol. The molecule has 2 N–H and O–H groups in total. The Morgan fingerprint density at radius 2 is 2.21 bits per heavy atom. The number of aromatic nitrogens is 3. The topological polar surface area (TPSA) is 73.9 Å². The summed E-state index contributed by atoms with van der Waals surface area (Å²) in [5, 5.41) is 12.2. The predicted octanol–water partition coefficient (Wildman–Crippen LogP) is 3.53. The number of pyridine rings is 1. The third-order valence-corrected chi connectivity index (χ3v) is 6.67. The Morgan fingerprint density at radius 3 is 2.90 bits per heavy atom. The lowest BCUT2D eigenvalue weighted by atomic mass is 10.0. The summed E-state index contributed by atoms with van der Waals surface area (Å²) < 4.78 is 0. The first-order valence-electron chi connectivity index (χ1n) is 10.1. The molecule has 152 valence electrons. The van der Waals surface area contributed by atoms with Crippen molar-refractivity contribution in [1.29, 1.82) is 0 Å². The van der Waals surface area contributed by atoms with E-state index in [4.69, 9.17) is 0 Å². The second-order valence-electron chi connectivity index (χ2n) is 7.62. The van der Waals surface area contributed by atoms with E-state index in [-0.39, 0.29) is 5.91 Å². The van der Waals surface area contributed by atoms with Gasteiger partial charge in [0.05, 0.1) is 17.0 Å². The molecule has 1 aliphatic heterocycles. The van der Waals surface area contributed by atoms with Gasteiger partial charge in [0.25, 0.3) is 5.91 Å². The van der Waals surface area contributed by atoms with Crippen LogP contribution in [0, 0.1) is 13.8 Å². The highest BCUT2D eigenvalue weighted by molar-refractivity contribution is 7.10. The van der Waals surface area contributed by atoms with Gasteiger partial charge in [0.2, 0.25) is 0 Å². The van der Waals surface area contributed by atoms with E-state index in [1.807, 2.05) is 25.4 Å². The first kappa shape index (κ1) is 19.8. The second kappa shape index (κ2) is 8.47. The van der Waals surface area contributed by atoms with Crippen LogP contribution in [0.15, 0.2) is 23.7 Å². The van der Waals surface area contributed by atoms with Crippen LogP contribution < -0.4 is 5.32 Å². The van der Waals surface area contributed by atoms with Crippen LogP contribution in [0.1, 0.15) is 55.9 Å². The molecule has 4 rings (SSSR count). The molecule has 29 heavy (non-hydrogen) atoms. The number of fused-ring (bicyclic) bond motifs is 1. The van der Waals surface area contributed by atoms with E-state index in [9.17, 15) is 4.79 Å². The van der Waals surface area contributed by atoms with Gasteiger partial charge in [-0.05, 0) is 43.9 Å². The number of rotatable bonds is 6. The fourth-order valence-electron chi connectivity index (χ4n) is 3.79. The van der Waals surface area contributed by atoms with Gasteiger partial charge in [-0.1, -0.05) is 13.0 Å². The van der Waals surface area contributed by atoms with Gasteiger partial charge in [0.1, 0.15) is 0 Å². The van der Waals surface area contributed by atoms with Crippen molar-refractivity contribution >= 4 is 17.2 Å². The standard InChI is InChI=1S/C22H27N5OS/c1-4-16-5-6-17(23-9-16)11-27-8-7-18-20(13-29-21(18)12-27)22(28)24-10-19-14(2)25-26-15(19)3/h5-6,9,13H,4,7-8,10-12H2,1-3H3,(H,24,28)(H,25,26). The molecule has 1 aliphatic rings. The zero-order chi connectivity index (χ0) is 20.4. The Balaban J connectivity index is 1.39. The SMILES string of the molecule is CCc1ccc(CN2CCc3c(C(=O)NCc4c(C)n[nH]c4C)csc3C2)nc1. The number of hydrogen-bond donors (Lipinski definition) is 2. The quantitative estimate of drug-likeness (QED) is 0.653. The minimum atomic E-state index is 0.00720. The molecule has 0 saturated carbocycles. The maximum atomic E-state index is 12.8. The average Bonchev–Trinajstić information content (AvgIpc) is 3.29. The maximum Gasteiger partial charge on any atom is 0.252 e. The molecule has 3 aromatic heterocycles. The smallest absolute Gasteiger partial charge is 0.252 e. The summed E-state index contributed by atoms with van der Waals surface area (Å²) in [6.07, 6.45) is 3.89. The summed E-state index contributed by atoms with van der Waals surface area (Å²) in [7, 11) is 0. The Bertz CT molecular complexity index is 985. The van der Waals surface area contributed by atoms with Crippen molar-refractivity contribution in [3.05, 3.63) is 67.9 Å². The Morgan fingerprint density at radius 1 is 1.34 bits per heavy atom. The van der Waals surface area contributed by atoms with E-state index in [0.717, 1.165) is 60.7 Å². The molecule has 6 nitrogen and oxygen atoms in total. The van der Waals surface area contributed by atoms with Crippen LogP contribution in [0.4, 0.5) is 0 Å². The van der Waals surface area contributed by atoms with Gasteiger partial charge in [-0.15, -0.1) is 11.3 Å². The molecule has 4 heterocycles. The average molecular weight is 410 g/mol. The minimum absolute atomic E-state index is 0.00720. The number of H-pyrrole nitrogens is 1. The van der Waals surface area contributed by atoms with Gasteiger partial charge in [0.15, 0.2) is 0 Å². The fourth-order valence-corrected chi connectivity index (χ4v) is 4.91. The highest BCUT2D eigenvalue weighted by Gasteiger charge is 2.24. The molecule has 0 fully saturated rings. The number of nitrogens with one attached hydrogen (secondary N) is 2. The molecule has 7 heteroatoms. The number of aromatic amines is 1. The molecule has 0 unspecified atom stereocenters. The summed E-state index contributed by atoms with van der Waals surface area (Å²) in [5.41, 5.74) is 7.41. The lowest BCUT2D eigenvalue weighted by Crippen LogP contribution is -2.31. The normalized spacial score (nSPS) is 14.0. The minimum Gasteiger partial charge on any atom is -0.348 e. The summed E-state index contributed by atoms with van der Waals surface area (Å²) in [4.78, 5) is 21.1. The fraction of sp³-hybridized carbons (Fsp3) is 0.409. The van der Waals surface area contributed by atoms with Gasteiger partial charge >= 0.3 is 0 Å². The van der Waals surface area contributed by atoms with Gasteiger partial charge in [-0.3, -0.25) is 19.8 Å². The number of nitrogens with zero attached hydrogens (tertiary/aromatic N) is 3. The number of carbonyl (C=O) groups excluding carboxylic acids is 1. The number of carbonyl (C=O) groups is 1. The van der Waals surface area contributed by atoms with Crippen molar-refractivity contribution in [2.45, 2.75) is 53.2 Å². The van der Waals surface area contributed by atoms with Crippen LogP contribution in [0.2, 0.25) is 0 Å². The Labute approximate surface area is 175 Å². The van der Waals surface area contributed by atoms with Crippen LogP contribution in [-0.2, 0) is 32.5 Å². The van der Waals surface area contributed by atoms with E-state index in [1.54, 1.807) is 11.3 Å². The molecular weight excluding hydrogens is 382 g/mol. The van der Waals surface area contributed by atoms with Crippen LogP contribution in [0.3, 0.4) is 0 Å². The van der Waals surface area contributed by atoms with Crippen molar-refractivity contribution in [2.75, 3.05) is 6.54 Å². The van der Waals surface area contributed by atoms with Gasteiger partial charge in [-0.2, -0.15) is 5.10 Å². The van der Waals surface area contributed by atoms with Gasteiger partial charge in [-0.25, -0.2) is 0 Å². The van der Waals surface area contributed by atoms with Crippen molar-refractivity contribution in [3.63, 3.8) is 0 Å². The van der Waals surface area contributed by atoms with Crippen LogP contribution >= 0.6 is 11.3 Å². The molecule has 0 bridgehead atoms. The summed E-state index contributed by atoms with van der Waals surface area (Å²) >= 11 is 1.69. The third kappa shape index (κ3) is 4.26. The molecule has 3 aromatic rings. The largest absolute Gasteiger partial charge is 0.348 e. The molecule has 0 aromatic carbocycles. The number of hydrogen-bond acceptors (Lipinski definition) is 5. The lowest BCUT2D eigenvalue weighted by Gasteiger charge is -2.27. The first-order chi connectivity index (χ1) is 14.0. The lowest BCUT2D eigenvalue weighted by molar-refractivity contribution is 0.0949. The van der Waals surface area contributed by atoms with Crippen molar-refractivity contribution in [2.24, 2.45) is 0 Å². The molecule has 0 radical (unpaired) electrons. The molecule has 0 spiro atoms. The zero-order valence-electron chi connectivity index (χ0n) is 17.2. The number of amides is 1. The summed E-state index contributed by atoms with van der Waals surface area (Å²) in [6.45, 7) is 9.26. The van der Waals surface area contributed by atoms with E-state index in [0.29, 0.717) is 6.54 Å². The first-order valence-corrected chi connectivity index (χ1v) is 11.0. The van der Waals surface area contributed by atoms with E-state index in [1.165, 1.54) is 16.0 Å². The molecule has 0 atom stereocenters. The van der Waals surface area contributed by atoms with Gasteiger partial charge < -0.3 is 5.32 Å². The molecular formula is C22H27N5OS. The van der Waals surface area contributed by atoms with Gasteiger partial charge in [0, 0.05) is 53.9 Å². The highest BCUT2D eigenvalue weighted by atomic mass is 32.1. The second-order valence-corrected chi connectivity index (χ2v) is 8.58. The van der Waals surface area contributed by atoms with Crippen LogP contribution in [0.5, 0.6) is 0 Å². The molecule has 0 aliphatic carbocycles. The maximum absolute atomic E-state index is 12.8. The Hall–Kier alpha value is -2.51. The summed E-state index contributed by atoms with van der Waals surface area (Å²) in [6, 6.07) is 4.29. The summed E-state index contributed by atoms with van der Waals surface area (Å²) in [5.74, 6) is 0.00720. The van der Waals surface area contributed by atoms with Crippen molar-refractivity contribution in [1.82, 2.24) is 25.4 Å². The molecule has 1 amide bonds. The zero-order valence-corrected chi connectivity index (χ0v) is 18.0. The molecule has 0 saturated heterocycles. The Kier molecular flexibility index (Phi) is 5.78.